The van der Waals surface area contributed by atoms with E-state index in [1.807, 2.05) is 39.0 Å². The molecule has 0 aliphatic carbocycles. The van der Waals surface area contributed by atoms with Crippen molar-refractivity contribution in [1.29, 1.82) is 0 Å². The van der Waals surface area contributed by atoms with Gasteiger partial charge in [-0.25, -0.2) is 0 Å². The molecule has 0 aromatic heterocycles. The fraction of sp³-hybridized carbons (Fsp3) is 0.684. The van der Waals surface area contributed by atoms with Crippen LogP contribution in [0.1, 0.15) is 26.3 Å². The van der Waals surface area contributed by atoms with E-state index in [0.29, 0.717) is 44.3 Å². The standard InChI is InChI=1S/C19H33NO5/c1-19(2,3)25-14-16(21)13-20(10-11-22-4)12-15-8-7-9-17(23-5)18(15)24-6/h7-9,16,21H,10-14H2,1-6H3. The molecule has 1 rings (SSSR count). The Morgan fingerprint density at radius 1 is 1.12 bits per heavy atom. The SMILES string of the molecule is COCCN(Cc1cccc(OC)c1OC)CC(O)COC(C)(C)C. The van der Waals surface area contributed by atoms with Crippen LogP contribution in [0.3, 0.4) is 0 Å². The lowest BCUT2D eigenvalue weighted by Gasteiger charge is -2.28. The van der Waals surface area contributed by atoms with E-state index < -0.39 is 6.10 Å². The summed E-state index contributed by atoms with van der Waals surface area (Å²) in [4.78, 5) is 2.12. The molecule has 0 radical (unpaired) electrons. The number of aliphatic hydroxyl groups excluding tert-OH is 1. The Morgan fingerprint density at radius 2 is 1.84 bits per heavy atom. The summed E-state index contributed by atoms with van der Waals surface area (Å²) in [7, 11) is 4.92. The summed E-state index contributed by atoms with van der Waals surface area (Å²) < 4.78 is 21.7. The zero-order chi connectivity index (χ0) is 18.9. The molecule has 1 N–H and O–H groups in total. The van der Waals surface area contributed by atoms with Crippen molar-refractivity contribution in [2.24, 2.45) is 0 Å². The minimum absolute atomic E-state index is 0.269. The minimum Gasteiger partial charge on any atom is -0.493 e. The maximum atomic E-state index is 10.3. The van der Waals surface area contributed by atoms with Crippen LogP contribution in [0.25, 0.3) is 0 Å². The molecule has 0 spiro atoms. The van der Waals surface area contributed by atoms with E-state index >= 15 is 0 Å². The van der Waals surface area contributed by atoms with Crippen molar-refractivity contribution in [3.8, 4) is 11.5 Å². The van der Waals surface area contributed by atoms with E-state index in [1.165, 1.54) is 0 Å². The molecule has 0 fully saturated rings. The van der Waals surface area contributed by atoms with Gasteiger partial charge in [-0.1, -0.05) is 12.1 Å². The monoisotopic (exact) mass is 355 g/mol. The number of nitrogens with zero attached hydrogens (tertiary/aromatic N) is 1. The highest BCUT2D eigenvalue weighted by molar-refractivity contribution is 5.46. The zero-order valence-corrected chi connectivity index (χ0v) is 16.4. The molecule has 25 heavy (non-hydrogen) atoms. The van der Waals surface area contributed by atoms with Crippen LogP contribution in [-0.4, -0.2) is 69.3 Å². The number of rotatable bonds is 11. The van der Waals surface area contributed by atoms with Crippen molar-refractivity contribution in [1.82, 2.24) is 4.90 Å². The maximum absolute atomic E-state index is 10.3. The number of ether oxygens (including phenoxy) is 4. The third-order valence-electron chi connectivity index (χ3n) is 3.67. The van der Waals surface area contributed by atoms with Crippen LogP contribution in [0, 0.1) is 0 Å². The van der Waals surface area contributed by atoms with Crippen LogP contribution in [0.2, 0.25) is 0 Å². The number of aliphatic hydroxyl groups is 1. The van der Waals surface area contributed by atoms with Gasteiger partial charge in [0.05, 0.1) is 39.1 Å². The highest BCUT2D eigenvalue weighted by atomic mass is 16.5. The molecular formula is C19H33NO5. The lowest BCUT2D eigenvalue weighted by atomic mass is 10.1. The van der Waals surface area contributed by atoms with Gasteiger partial charge in [0.25, 0.3) is 0 Å². The molecule has 1 aromatic carbocycles. The second-order valence-corrected chi connectivity index (χ2v) is 6.96. The number of benzene rings is 1. The molecule has 0 amide bonds. The Balaban J connectivity index is 2.79. The van der Waals surface area contributed by atoms with Crippen LogP contribution >= 0.6 is 0 Å². The highest BCUT2D eigenvalue weighted by Crippen LogP contribution is 2.31. The van der Waals surface area contributed by atoms with E-state index in [2.05, 4.69) is 4.90 Å². The summed E-state index contributed by atoms with van der Waals surface area (Å²) in [5, 5.41) is 10.3. The van der Waals surface area contributed by atoms with Gasteiger partial charge in [0, 0.05) is 32.3 Å². The average molecular weight is 355 g/mol. The van der Waals surface area contributed by atoms with Gasteiger partial charge in [-0.15, -0.1) is 0 Å². The molecule has 0 aliphatic rings. The number of para-hydroxylation sites is 1. The third-order valence-corrected chi connectivity index (χ3v) is 3.67. The van der Waals surface area contributed by atoms with Gasteiger partial charge in [0.1, 0.15) is 0 Å². The van der Waals surface area contributed by atoms with Crippen molar-refractivity contribution in [3.63, 3.8) is 0 Å². The highest BCUT2D eigenvalue weighted by Gasteiger charge is 2.18. The van der Waals surface area contributed by atoms with Crippen LogP contribution in [-0.2, 0) is 16.0 Å². The summed E-state index contributed by atoms with van der Waals surface area (Å²) in [5.41, 5.74) is 0.732. The Bertz CT molecular complexity index is 501. The molecule has 1 aromatic rings. The first-order valence-electron chi connectivity index (χ1n) is 8.54. The molecule has 1 atom stereocenters. The molecule has 6 nitrogen and oxygen atoms in total. The van der Waals surface area contributed by atoms with Crippen molar-refractivity contribution < 1.29 is 24.1 Å². The Labute approximate surface area is 151 Å². The molecule has 0 saturated carbocycles. The predicted octanol–water partition coefficient (Wildman–Crippen LogP) is 2.33. The van der Waals surface area contributed by atoms with E-state index in [0.717, 1.165) is 5.56 Å². The van der Waals surface area contributed by atoms with Gasteiger partial charge in [0.2, 0.25) is 0 Å². The van der Waals surface area contributed by atoms with E-state index in [9.17, 15) is 5.11 Å². The summed E-state index contributed by atoms with van der Waals surface area (Å²) in [5.74, 6) is 1.41. The lowest BCUT2D eigenvalue weighted by Crippen LogP contribution is -2.38. The third kappa shape index (κ3) is 8.05. The van der Waals surface area contributed by atoms with Gasteiger partial charge in [0.15, 0.2) is 11.5 Å². The van der Waals surface area contributed by atoms with Crippen molar-refractivity contribution in [2.45, 2.75) is 39.0 Å². The van der Waals surface area contributed by atoms with E-state index in [1.54, 1.807) is 21.3 Å². The normalized spacial score (nSPS) is 13.1. The number of hydrogen-bond donors (Lipinski definition) is 1. The fourth-order valence-corrected chi connectivity index (χ4v) is 2.47. The summed E-state index contributed by atoms with van der Waals surface area (Å²) in [6, 6.07) is 5.80. The number of methoxy groups -OCH3 is 3. The Hall–Kier alpha value is -1.34. The Morgan fingerprint density at radius 3 is 2.40 bits per heavy atom. The number of hydrogen-bond acceptors (Lipinski definition) is 6. The summed E-state index contributed by atoms with van der Waals surface area (Å²) in [6.45, 7) is 8.61. The first-order valence-corrected chi connectivity index (χ1v) is 8.54. The first-order chi connectivity index (χ1) is 11.8. The summed E-state index contributed by atoms with van der Waals surface area (Å²) in [6.07, 6.45) is -0.576. The van der Waals surface area contributed by atoms with Crippen LogP contribution < -0.4 is 9.47 Å². The van der Waals surface area contributed by atoms with Crippen LogP contribution in [0.15, 0.2) is 18.2 Å². The molecule has 1 unspecified atom stereocenters. The zero-order valence-electron chi connectivity index (χ0n) is 16.4. The Kier molecular flexibility index (Phi) is 9.21. The van der Waals surface area contributed by atoms with Crippen LogP contribution in [0.5, 0.6) is 11.5 Å². The largest absolute Gasteiger partial charge is 0.493 e. The maximum Gasteiger partial charge on any atom is 0.165 e. The molecular weight excluding hydrogens is 322 g/mol. The second-order valence-electron chi connectivity index (χ2n) is 6.96. The van der Waals surface area contributed by atoms with Gasteiger partial charge >= 0.3 is 0 Å². The van der Waals surface area contributed by atoms with Gasteiger partial charge in [-0.2, -0.15) is 0 Å². The molecule has 6 heteroatoms. The predicted molar refractivity (Wildman–Crippen MR) is 98.4 cm³/mol. The smallest absolute Gasteiger partial charge is 0.165 e. The molecule has 144 valence electrons. The van der Waals surface area contributed by atoms with E-state index in [-0.39, 0.29) is 5.60 Å². The fourth-order valence-electron chi connectivity index (χ4n) is 2.47. The van der Waals surface area contributed by atoms with Gasteiger partial charge < -0.3 is 24.1 Å². The van der Waals surface area contributed by atoms with Gasteiger partial charge in [-0.05, 0) is 26.8 Å². The topological polar surface area (TPSA) is 60.4 Å². The average Bonchev–Trinajstić information content (AvgIpc) is 2.56. The molecule has 0 saturated heterocycles. The first kappa shape index (κ1) is 21.7. The lowest BCUT2D eigenvalue weighted by molar-refractivity contribution is -0.0577. The van der Waals surface area contributed by atoms with Crippen LogP contribution in [0.4, 0.5) is 0 Å². The van der Waals surface area contributed by atoms with Crippen molar-refractivity contribution >= 4 is 0 Å². The molecule has 0 heterocycles. The van der Waals surface area contributed by atoms with Crippen molar-refractivity contribution in [2.75, 3.05) is 47.6 Å². The summed E-state index contributed by atoms with van der Waals surface area (Å²) >= 11 is 0. The molecule has 0 bridgehead atoms. The van der Waals surface area contributed by atoms with Gasteiger partial charge in [-0.3, -0.25) is 4.90 Å². The van der Waals surface area contributed by atoms with E-state index in [4.69, 9.17) is 18.9 Å². The van der Waals surface area contributed by atoms with Crippen molar-refractivity contribution in [3.05, 3.63) is 23.8 Å². The molecule has 0 aliphatic heterocycles. The quantitative estimate of drug-likeness (QED) is 0.657. The second kappa shape index (κ2) is 10.6. The minimum atomic E-state index is -0.576.